The Kier molecular flexibility index (Phi) is 7.73. The van der Waals surface area contributed by atoms with E-state index in [4.69, 9.17) is 25.6 Å². The number of nitrogens with one attached hydrogen (secondary N) is 3. The van der Waals surface area contributed by atoms with Crippen molar-refractivity contribution in [3.8, 4) is 5.75 Å². The molecule has 0 aliphatic carbocycles. The predicted molar refractivity (Wildman–Crippen MR) is 136 cm³/mol. The topological polar surface area (TPSA) is 117 Å². The van der Waals surface area contributed by atoms with E-state index in [1.165, 1.54) is 6.21 Å². The first kappa shape index (κ1) is 24.3. The van der Waals surface area contributed by atoms with Gasteiger partial charge in [-0.25, -0.2) is 10.5 Å². The molecule has 7 nitrogen and oxygen atoms in total. The maximum atomic E-state index is 8.63. The van der Waals surface area contributed by atoms with Crippen LogP contribution in [-0.4, -0.2) is 23.0 Å². The molecule has 0 fully saturated rings. The SMILES string of the molecule is CC(C)Oc1ccc(N)c(C(=N)c2ccnc(NOSc3ccc(C(C)(C)C=N)cc3)c2)c1. The first-order valence-corrected chi connectivity index (χ1v) is 11.3. The molecule has 2 aromatic carbocycles. The predicted octanol–water partition coefficient (Wildman–Crippen LogP) is 5.85. The van der Waals surface area contributed by atoms with Crippen molar-refractivity contribution < 1.29 is 9.02 Å². The number of nitrogen functional groups attached to an aromatic ring is 1. The van der Waals surface area contributed by atoms with E-state index in [2.05, 4.69) is 10.5 Å². The average molecular weight is 464 g/mol. The lowest BCUT2D eigenvalue weighted by molar-refractivity contribution is 0.242. The van der Waals surface area contributed by atoms with Crippen LogP contribution in [0, 0.1) is 10.8 Å². The smallest absolute Gasteiger partial charge is 0.151 e. The fraction of sp³-hybridized carbons (Fsp3) is 0.240. The van der Waals surface area contributed by atoms with E-state index < -0.39 is 0 Å². The van der Waals surface area contributed by atoms with Crippen molar-refractivity contribution in [3.63, 3.8) is 0 Å². The van der Waals surface area contributed by atoms with Crippen LogP contribution in [0.25, 0.3) is 0 Å². The lowest BCUT2D eigenvalue weighted by atomic mass is 9.86. The van der Waals surface area contributed by atoms with E-state index in [-0.39, 0.29) is 17.2 Å². The molecule has 0 aliphatic rings. The summed E-state index contributed by atoms with van der Waals surface area (Å²) in [4.78, 5) is 5.16. The summed E-state index contributed by atoms with van der Waals surface area (Å²) in [6.07, 6.45) is 3.07. The van der Waals surface area contributed by atoms with Gasteiger partial charge in [0.1, 0.15) is 5.75 Å². The van der Waals surface area contributed by atoms with Crippen LogP contribution in [0.15, 0.2) is 65.7 Å². The van der Waals surface area contributed by atoms with E-state index in [1.54, 1.807) is 36.5 Å². The minimum absolute atomic E-state index is 0.0285. The van der Waals surface area contributed by atoms with Gasteiger partial charge in [-0.15, -0.1) is 0 Å². The first-order valence-electron chi connectivity index (χ1n) is 10.5. The summed E-state index contributed by atoms with van der Waals surface area (Å²) in [5, 5.41) is 16.2. The van der Waals surface area contributed by atoms with Gasteiger partial charge < -0.3 is 15.9 Å². The number of nitrogens with two attached hydrogens (primary N) is 1. The van der Waals surface area contributed by atoms with Gasteiger partial charge in [-0.3, -0.25) is 5.41 Å². The number of rotatable bonds is 10. The molecule has 0 saturated heterocycles. The van der Waals surface area contributed by atoms with Gasteiger partial charge >= 0.3 is 0 Å². The average Bonchev–Trinajstić information content (AvgIpc) is 2.80. The molecule has 3 rings (SSSR count). The third kappa shape index (κ3) is 6.34. The van der Waals surface area contributed by atoms with Gasteiger partial charge in [0.25, 0.3) is 0 Å². The molecule has 0 bridgehead atoms. The number of hydrogen-bond acceptors (Lipinski definition) is 8. The van der Waals surface area contributed by atoms with Crippen molar-refractivity contribution in [1.82, 2.24) is 4.98 Å². The van der Waals surface area contributed by atoms with Crippen molar-refractivity contribution in [2.24, 2.45) is 0 Å². The minimum atomic E-state index is -0.305. The first-order chi connectivity index (χ1) is 15.7. The van der Waals surface area contributed by atoms with Gasteiger partial charge in [0, 0.05) is 39.5 Å². The number of pyridine rings is 1. The molecule has 0 radical (unpaired) electrons. The van der Waals surface area contributed by atoms with E-state index in [9.17, 15) is 0 Å². The fourth-order valence-electron chi connectivity index (χ4n) is 3.03. The molecule has 1 heterocycles. The molecule has 1 aromatic heterocycles. The van der Waals surface area contributed by atoms with Crippen molar-refractivity contribution in [2.75, 3.05) is 11.2 Å². The molecule has 0 aliphatic heterocycles. The van der Waals surface area contributed by atoms with Gasteiger partial charge in [-0.05, 0) is 61.9 Å². The van der Waals surface area contributed by atoms with Crippen LogP contribution >= 0.6 is 12.0 Å². The second-order valence-corrected chi connectivity index (χ2v) is 9.18. The molecule has 5 N–H and O–H groups in total. The fourth-order valence-corrected chi connectivity index (χ4v) is 3.50. The van der Waals surface area contributed by atoms with Crippen molar-refractivity contribution in [2.45, 2.75) is 44.1 Å². The number of aromatic nitrogens is 1. The van der Waals surface area contributed by atoms with Gasteiger partial charge in [0.2, 0.25) is 0 Å². The van der Waals surface area contributed by atoms with Crippen LogP contribution in [0.2, 0.25) is 0 Å². The molecule has 0 saturated carbocycles. The van der Waals surface area contributed by atoms with Gasteiger partial charge in [-0.2, -0.15) is 4.28 Å². The summed E-state index contributed by atoms with van der Waals surface area (Å²) >= 11 is 1.16. The summed E-state index contributed by atoms with van der Waals surface area (Å²) in [5.41, 5.74) is 11.7. The highest BCUT2D eigenvalue weighted by Crippen LogP contribution is 2.27. The molecule has 0 unspecified atom stereocenters. The number of hydrogen-bond donors (Lipinski definition) is 4. The number of nitrogens with zero attached hydrogens (tertiary/aromatic N) is 1. The molecule has 33 heavy (non-hydrogen) atoms. The second-order valence-electron chi connectivity index (χ2n) is 8.38. The molecule has 0 atom stereocenters. The molecule has 0 spiro atoms. The van der Waals surface area contributed by atoms with Crippen molar-refractivity contribution in [3.05, 3.63) is 77.5 Å². The largest absolute Gasteiger partial charge is 0.491 e. The minimum Gasteiger partial charge on any atom is -0.491 e. The second kappa shape index (κ2) is 10.5. The Balaban J connectivity index is 1.65. The zero-order valence-electron chi connectivity index (χ0n) is 19.2. The van der Waals surface area contributed by atoms with Crippen LogP contribution < -0.4 is 16.0 Å². The number of anilines is 2. The summed E-state index contributed by atoms with van der Waals surface area (Å²) in [7, 11) is 0. The van der Waals surface area contributed by atoms with E-state index >= 15 is 0 Å². The standard InChI is InChI=1S/C25H29N5O2S/c1-16(2)31-19-7-10-22(27)21(14-19)24(28)17-11-12-29-23(13-17)30-32-33-20-8-5-18(6-9-20)25(3,4)15-26/h5-16,26,28H,27H2,1-4H3,(H,29,30). The Bertz CT molecular complexity index is 1130. The summed E-state index contributed by atoms with van der Waals surface area (Å²) in [5.74, 6) is 1.14. The quantitative estimate of drug-likeness (QED) is 0.130. The van der Waals surface area contributed by atoms with Crippen LogP contribution in [-0.2, 0) is 9.70 Å². The lowest BCUT2D eigenvalue weighted by Gasteiger charge is -2.19. The monoisotopic (exact) mass is 463 g/mol. The lowest BCUT2D eigenvalue weighted by Crippen LogP contribution is -2.17. The highest BCUT2D eigenvalue weighted by Gasteiger charge is 2.17. The normalized spacial score (nSPS) is 11.3. The highest BCUT2D eigenvalue weighted by molar-refractivity contribution is 7.94. The highest BCUT2D eigenvalue weighted by atomic mass is 32.2. The maximum Gasteiger partial charge on any atom is 0.151 e. The third-order valence-corrected chi connectivity index (χ3v) is 5.59. The maximum absolute atomic E-state index is 8.63. The Morgan fingerprint density at radius 3 is 2.52 bits per heavy atom. The zero-order valence-corrected chi connectivity index (χ0v) is 20.0. The Morgan fingerprint density at radius 2 is 1.85 bits per heavy atom. The van der Waals surface area contributed by atoms with E-state index in [0.29, 0.717) is 28.4 Å². The van der Waals surface area contributed by atoms with Gasteiger partial charge in [0.05, 0.1) is 23.9 Å². The van der Waals surface area contributed by atoms with Gasteiger partial charge in [-0.1, -0.05) is 26.0 Å². The third-order valence-electron chi connectivity index (χ3n) is 4.96. The van der Waals surface area contributed by atoms with Gasteiger partial charge in [0.15, 0.2) is 5.82 Å². The number of ether oxygens (including phenoxy) is 1. The molecule has 172 valence electrons. The summed E-state index contributed by atoms with van der Waals surface area (Å²) < 4.78 is 11.3. The number of benzene rings is 2. The summed E-state index contributed by atoms with van der Waals surface area (Å²) in [6.45, 7) is 7.90. The van der Waals surface area contributed by atoms with Crippen LogP contribution in [0.5, 0.6) is 5.75 Å². The van der Waals surface area contributed by atoms with Crippen LogP contribution in [0.1, 0.15) is 44.4 Å². The Morgan fingerprint density at radius 1 is 1.12 bits per heavy atom. The van der Waals surface area contributed by atoms with E-state index in [1.807, 2.05) is 52.0 Å². The van der Waals surface area contributed by atoms with Crippen molar-refractivity contribution in [1.29, 1.82) is 10.8 Å². The molecule has 3 aromatic rings. The van der Waals surface area contributed by atoms with Crippen LogP contribution in [0.4, 0.5) is 11.5 Å². The molecule has 8 heteroatoms. The van der Waals surface area contributed by atoms with Crippen molar-refractivity contribution >= 4 is 35.5 Å². The Hall–Kier alpha value is -3.36. The van der Waals surface area contributed by atoms with Crippen LogP contribution in [0.3, 0.4) is 0 Å². The summed E-state index contributed by atoms with van der Waals surface area (Å²) in [6, 6.07) is 16.7. The molecular weight excluding hydrogens is 434 g/mol. The Labute approximate surface area is 198 Å². The zero-order chi connectivity index (χ0) is 24.0. The van der Waals surface area contributed by atoms with E-state index in [0.717, 1.165) is 22.5 Å². The molecule has 0 amide bonds. The molecular formula is C25H29N5O2S.